The van der Waals surface area contributed by atoms with Crippen molar-refractivity contribution in [3.8, 4) is 0 Å². The molecule has 2 aromatic heterocycles. The summed E-state index contributed by atoms with van der Waals surface area (Å²) in [5, 5.41) is 1.56. The predicted molar refractivity (Wildman–Crippen MR) is 93.4 cm³/mol. The van der Waals surface area contributed by atoms with Crippen molar-refractivity contribution >= 4 is 5.91 Å². The van der Waals surface area contributed by atoms with Crippen molar-refractivity contribution in [2.75, 3.05) is 6.61 Å². The number of aromatic nitrogens is 4. The van der Waals surface area contributed by atoms with Gasteiger partial charge in [-0.05, 0) is 43.6 Å². The van der Waals surface area contributed by atoms with Gasteiger partial charge < -0.3 is 0 Å². The highest BCUT2D eigenvalue weighted by Crippen LogP contribution is 2.36. The van der Waals surface area contributed by atoms with Gasteiger partial charge in [-0.3, -0.25) is 19.6 Å². The van der Waals surface area contributed by atoms with Crippen LogP contribution in [0, 0.1) is 11.8 Å². The van der Waals surface area contributed by atoms with Gasteiger partial charge in [-0.15, -0.1) is 0 Å². The summed E-state index contributed by atoms with van der Waals surface area (Å²) in [5.74, 6) is 0.732. The maximum absolute atomic E-state index is 13.0. The second kappa shape index (κ2) is 7.86. The van der Waals surface area contributed by atoms with E-state index in [0.29, 0.717) is 12.5 Å². The average molecular weight is 353 g/mol. The quantitative estimate of drug-likeness (QED) is 0.840. The lowest BCUT2D eigenvalue weighted by atomic mass is 9.79. The summed E-state index contributed by atoms with van der Waals surface area (Å²) >= 11 is 0. The Hall–Kier alpha value is -2.41. The molecule has 1 saturated carbocycles. The highest BCUT2D eigenvalue weighted by molar-refractivity contribution is 5.78. The molecule has 7 nitrogen and oxygen atoms in total. The van der Waals surface area contributed by atoms with E-state index in [1.54, 1.807) is 30.0 Å². The van der Waals surface area contributed by atoms with Crippen LogP contribution >= 0.6 is 0 Å². The molecular formula is C19H23N5O2. The molecule has 1 atom stereocenters. The molecule has 136 valence electrons. The number of amides is 1. The summed E-state index contributed by atoms with van der Waals surface area (Å²) in [7, 11) is 0. The zero-order chi connectivity index (χ0) is 17.8. The molecule has 2 aromatic rings. The molecule has 1 aliphatic heterocycles. The van der Waals surface area contributed by atoms with Crippen LogP contribution < -0.4 is 0 Å². The first kappa shape index (κ1) is 17.0. The molecule has 0 N–H and O–H groups in total. The Labute approximate surface area is 152 Å². The minimum absolute atomic E-state index is 0.0375. The van der Waals surface area contributed by atoms with Gasteiger partial charge in [0.25, 0.3) is 0 Å². The second-order valence-corrected chi connectivity index (χ2v) is 7.10. The average Bonchev–Trinajstić information content (AvgIpc) is 3.19. The lowest BCUT2D eigenvalue weighted by Crippen LogP contribution is -2.37. The number of nitrogens with zero attached hydrogens (tertiary/aromatic N) is 5. The lowest BCUT2D eigenvalue weighted by molar-refractivity contribution is -0.183. The number of rotatable bonds is 4. The summed E-state index contributed by atoms with van der Waals surface area (Å²) in [6, 6.07) is -0.115. The Morgan fingerprint density at radius 3 is 2.58 bits per heavy atom. The summed E-state index contributed by atoms with van der Waals surface area (Å²) in [4.78, 5) is 35.3. The normalized spacial score (nSPS) is 26.0. The van der Waals surface area contributed by atoms with E-state index < -0.39 is 0 Å². The smallest absolute Gasteiger partial charge is 0.249 e. The molecule has 3 heterocycles. The molecule has 1 aliphatic carbocycles. The summed E-state index contributed by atoms with van der Waals surface area (Å²) in [6.07, 6.45) is 16.0. The molecule has 1 saturated heterocycles. The van der Waals surface area contributed by atoms with Crippen LogP contribution in [0.5, 0.6) is 0 Å². The van der Waals surface area contributed by atoms with Gasteiger partial charge >= 0.3 is 0 Å². The summed E-state index contributed by atoms with van der Waals surface area (Å²) in [5.41, 5.74) is 1.98. The van der Waals surface area contributed by atoms with E-state index in [9.17, 15) is 4.79 Å². The fourth-order valence-corrected chi connectivity index (χ4v) is 4.00. The molecular weight excluding hydrogens is 330 g/mol. The highest BCUT2D eigenvalue weighted by atomic mass is 16.7. The third kappa shape index (κ3) is 3.72. The summed E-state index contributed by atoms with van der Waals surface area (Å²) in [6.45, 7) is 0.552. The fourth-order valence-electron chi connectivity index (χ4n) is 4.00. The van der Waals surface area contributed by atoms with E-state index in [0.717, 1.165) is 44.2 Å². The van der Waals surface area contributed by atoms with E-state index in [1.165, 1.54) is 5.56 Å². The van der Waals surface area contributed by atoms with Crippen molar-refractivity contribution in [3.05, 3.63) is 48.6 Å². The topological polar surface area (TPSA) is 81.1 Å². The van der Waals surface area contributed by atoms with Gasteiger partial charge in [-0.25, -0.2) is 15.0 Å². The molecule has 7 heteroatoms. The van der Waals surface area contributed by atoms with Crippen molar-refractivity contribution in [1.82, 2.24) is 25.0 Å². The summed E-state index contributed by atoms with van der Waals surface area (Å²) < 4.78 is 0. The minimum atomic E-state index is -0.115. The largest absolute Gasteiger partial charge is 0.272 e. The molecule has 26 heavy (non-hydrogen) atoms. The zero-order valence-electron chi connectivity index (χ0n) is 14.7. The first-order valence-corrected chi connectivity index (χ1v) is 9.27. The van der Waals surface area contributed by atoms with Gasteiger partial charge in [-0.1, -0.05) is 0 Å². The van der Waals surface area contributed by atoms with Crippen molar-refractivity contribution < 1.29 is 9.63 Å². The SMILES string of the molecule is O=C([C@H]1CC[C@H](Cc2cncnc2)CC1)N1OCC[C@H]1c1cnccn1. The Kier molecular flexibility index (Phi) is 5.15. The highest BCUT2D eigenvalue weighted by Gasteiger charge is 2.37. The van der Waals surface area contributed by atoms with Gasteiger partial charge in [0.1, 0.15) is 12.4 Å². The van der Waals surface area contributed by atoms with E-state index in [4.69, 9.17) is 4.84 Å². The molecule has 0 unspecified atom stereocenters. The van der Waals surface area contributed by atoms with Crippen molar-refractivity contribution in [2.45, 2.75) is 44.6 Å². The number of carbonyl (C=O) groups is 1. The minimum Gasteiger partial charge on any atom is -0.272 e. The van der Waals surface area contributed by atoms with Crippen molar-refractivity contribution in [2.24, 2.45) is 11.8 Å². The van der Waals surface area contributed by atoms with Gasteiger partial charge in [0.05, 0.1) is 18.5 Å². The third-order valence-electron chi connectivity index (χ3n) is 5.38. The van der Waals surface area contributed by atoms with Gasteiger partial charge in [0, 0.05) is 37.1 Å². The van der Waals surface area contributed by atoms with E-state index in [-0.39, 0.29) is 17.9 Å². The lowest BCUT2D eigenvalue weighted by Gasteiger charge is -2.31. The maximum atomic E-state index is 13.0. The van der Waals surface area contributed by atoms with E-state index in [1.807, 2.05) is 12.4 Å². The van der Waals surface area contributed by atoms with Crippen LogP contribution in [-0.2, 0) is 16.1 Å². The van der Waals surface area contributed by atoms with Crippen LogP contribution in [-0.4, -0.2) is 37.5 Å². The Morgan fingerprint density at radius 1 is 1.04 bits per heavy atom. The molecule has 0 radical (unpaired) electrons. The van der Waals surface area contributed by atoms with Crippen LogP contribution in [0.3, 0.4) is 0 Å². The predicted octanol–water partition coefficient (Wildman–Crippen LogP) is 2.52. The monoisotopic (exact) mass is 353 g/mol. The van der Waals surface area contributed by atoms with Crippen LogP contribution in [0.1, 0.15) is 49.4 Å². The van der Waals surface area contributed by atoms with Crippen molar-refractivity contribution in [1.29, 1.82) is 0 Å². The first-order chi connectivity index (χ1) is 12.8. The number of hydrogen-bond donors (Lipinski definition) is 0. The van der Waals surface area contributed by atoms with E-state index in [2.05, 4.69) is 19.9 Å². The molecule has 0 aromatic carbocycles. The first-order valence-electron chi connectivity index (χ1n) is 9.27. The van der Waals surface area contributed by atoms with Crippen LogP contribution in [0.4, 0.5) is 0 Å². The standard InChI is InChI=1S/C19H23N5O2/c25-19(24-18(5-8-26-24)17-12-20-6-7-23-17)16-3-1-14(2-4-16)9-15-10-21-13-22-11-15/h6-7,10-14,16,18H,1-5,8-9H2/t14-,16-,18-/m0/s1. The van der Waals surface area contributed by atoms with Crippen molar-refractivity contribution in [3.63, 3.8) is 0 Å². The van der Waals surface area contributed by atoms with Gasteiger partial charge in [-0.2, -0.15) is 0 Å². The van der Waals surface area contributed by atoms with Crippen LogP contribution in [0.25, 0.3) is 0 Å². The Balaban J connectivity index is 1.34. The van der Waals surface area contributed by atoms with Crippen LogP contribution in [0.2, 0.25) is 0 Å². The van der Waals surface area contributed by atoms with Crippen LogP contribution in [0.15, 0.2) is 37.3 Å². The molecule has 4 rings (SSSR count). The van der Waals surface area contributed by atoms with Gasteiger partial charge in [0.2, 0.25) is 5.91 Å². The number of hydrogen-bond acceptors (Lipinski definition) is 6. The fraction of sp³-hybridized carbons (Fsp3) is 0.526. The Morgan fingerprint density at radius 2 is 1.85 bits per heavy atom. The second-order valence-electron chi connectivity index (χ2n) is 7.10. The molecule has 0 bridgehead atoms. The third-order valence-corrected chi connectivity index (χ3v) is 5.38. The van der Waals surface area contributed by atoms with Gasteiger partial charge in [0.15, 0.2) is 0 Å². The maximum Gasteiger partial charge on any atom is 0.249 e. The molecule has 2 fully saturated rings. The Bertz CT molecular complexity index is 719. The van der Waals surface area contributed by atoms with E-state index >= 15 is 0 Å². The number of carbonyl (C=O) groups excluding carboxylic acids is 1. The number of hydroxylamine groups is 2. The molecule has 2 aliphatic rings. The molecule has 1 amide bonds. The molecule has 0 spiro atoms. The zero-order valence-corrected chi connectivity index (χ0v) is 14.7.